The fraction of sp³-hybridized carbons (Fsp3) is 0.273. The Morgan fingerprint density at radius 3 is 2.33 bits per heavy atom. The van der Waals surface area contributed by atoms with Gasteiger partial charge in [0.2, 0.25) is 5.88 Å². The Kier molecular flexibility index (Phi) is 5.33. The molecule has 0 aromatic carbocycles. The number of fused-ring (bicyclic) bond motifs is 1. The molecular formula is C22H19F3N6O2. The summed E-state index contributed by atoms with van der Waals surface area (Å²) in [5.74, 6) is 0.766. The van der Waals surface area contributed by atoms with Gasteiger partial charge in [0.05, 0.1) is 49.7 Å². The maximum atomic E-state index is 13.2. The molecule has 0 aliphatic carbocycles. The van der Waals surface area contributed by atoms with Crippen molar-refractivity contribution in [2.45, 2.75) is 6.18 Å². The normalized spacial score (nSPS) is 14.6. The van der Waals surface area contributed by atoms with Gasteiger partial charge in [0.15, 0.2) is 11.5 Å². The topological polar surface area (TPSA) is 78.2 Å². The van der Waals surface area contributed by atoms with Gasteiger partial charge >= 0.3 is 6.18 Å². The van der Waals surface area contributed by atoms with Crippen molar-refractivity contribution < 1.29 is 22.6 Å². The van der Waals surface area contributed by atoms with Crippen LogP contribution in [0.5, 0.6) is 5.88 Å². The summed E-state index contributed by atoms with van der Waals surface area (Å²) >= 11 is 0. The number of methoxy groups -OCH3 is 1. The summed E-state index contributed by atoms with van der Waals surface area (Å²) in [6.45, 7) is 2.83. The Bertz CT molecular complexity index is 1270. The second-order valence-corrected chi connectivity index (χ2v) is 7.40. The van der Waals surface area contributed by atoms with Crippen LogP contribution in [-0.2, 0) is 10.9 Å². The number of morpholine rings is 1. The van der Waals surface area contributed by atoms with Crippen LogP contribution < -0.4 is 9.64 Å². The molecule has 1 aliphatic rings. The van der Waals surface area contributed by atoms with Gasteiger partial charge in [-0.05, 0) is 24.3 Å². The number of hydrogen-bond acceptors (Lipinski definition) is 7. The smallest absolute Gasteiger partial charge is 0.417 e. The average Bonchev–Trinajstić information content (AvgIpc) is 3.23. The number of halogens is 3. The Labute approximate surface area is 186 Å². The second kappa shape index (κ2) is 8.32. The van der Waals surface area contributed by atoms with Crippen molar-refractivity contribution in [3.05, 3.63) is 54.5 Å². The lowest BCUT2D eigenvalue weighted by Gasteiger charge is -2.28. The summed E-state index contributed by atoms with van der Waals surface area (Å²) in [5, 5.41) is 0. The Hall–Kier alpha value is -3.73. The van der Waals surface area contributed by atoms with Crippen molar-refractivity contribution in [3.8, 4) is 23.1 Å². The summed E-state index contributed by atoms with van der Waals surface area (Å²) in [6.07, 6.45) is -0.447. The zero-order valence-corrected chi connectivity index (χ0v) is 17.6. The van der Waals surface area contributed by atoms with Crippen LogP contribution in [0.2, 0.25) is 0 Å². The molecule has 4 aromatic rings. The number of anilines is 1. The molecule has 4 aromatic heterocycles. The van der Waals surface area contributed by atoms with Crippen LogP contribution >= 0.6 is 0 Å². The predicted molar refractivity (Wildman–Crippen MR) is 114 cm³/mol. The summed E-state index contributed by atoms with van der Waals surface area (Å²) in [4.78, 5) is 19.5. The number of pyridine rings is 3. The SMILES string of the molecule is COc1ccc(-n2c(-c3ccc(N4CCOCC4)cn3)nc3cc(C(F)(F)F)cnc32)cn1. The summed E-state index contributed by atoms with van der Waals surface area (Å²) in [6, 6.07) is 8.09. The zero-order chi connectivity index (χ0) is 23.0. The number of rotatable bonds is 4. The van der Waals surface area contributed by atoms with Gasteiger partial charge in [-0.1, -0.05) is 0 Å². The molecule has 1 aliphatic heterocycles. The molecular weight excluding hydrogens is 437 g/mol. The minimum atomic E-state index is -4.52. The van der Waals surface area contributed by atoms with E-state index in [1.54, 1.807) is 35.2 Å². The van der Waals surface area contributed by atoms with E-state index in [9.17, 15) is 13.2 Å². The van der Waals surface area contributed by atoms with Crippen LogP contribution in [0.4, 0.5) is 18.9 Å². The van der Waals surface area contributed by atoms with Gasteiger partial charge in [-0.15, -0.1) is 0 Å². The van der Waals surface area contributed by atoms with E-state index in [1.807, 2.05) is 6.07 Å². The zero-order valence-electron chi connectivity index (χ0n) is 17.6. The molecule has 0 saturated carbocycles. The molecule has 0 radical (unpaired) electrons. The molecule has 0 atom stereocenters. The summed E-state index contributed by atoms with van der Waals surface area (Å²) in [5.41, 5.74) is 1.51. The van der Waals surface area contributed by atoms with E-state index in [0.717, 1.165) is 31.0 Å². The van der Waals surface area contributed by atoms with Crippen molar-refractivity contribution >= 4 is 16.9 Å². The van der Waals surface area contributed by atoms with Crippen LogP contribution in [0.15, 0.2) is 48.9 Å². The number of alkyl halides is 3. The lowest BCUT2D eigenvalue weighted by molar-refractivity contribution is -0.137. The first-order valence-electron chi connectivity index (χ1n) is 10.2. The molecule has 5 rings (SSSR count). The molecule has 1 saturated heterocycles. The van der Waals surface area contributed by atoms with Gasteiger partial charge in [-0.25, -0.2) is 15.0 Å². The van der Waals surface area contributed by atoms with Crippen LogP contribution in [0, 0.1) is 0 Å². The molecule has 0 amide bonds. The molecule has 5 heterocycles. The number of nitrogens with zero attached hydrogens (tertiary/aromatic N) is 6. The first-order valence-corrected chi connectivity index (χ1v) is 10.2. The van der Waals surface area contributed by atoms with Gasteiger partial charge in [0.25, 0.3) is 0 Å². The predicted octanol–water partition coefficient (Wildman–Crippen LogP) is 3.74. The number of imidazole rings is 1. The third kappa shape index (κ3) is 4.07. The fourth-order valence-corrected chi connectivity index (χ4v) is 3.69. The standard InChI is InChI=1S/C22H19F3N6O2/c1-32-19-5-3-16(13-27-19)31-20-18(10-14(11-28-20)22(23,24)25)29-21(31)17-4-2-15(12-26-17)30-6-8-33-9-7-30/h2-5,10-13H,6-9H2,1H3. The molecule has 1 fully saturated rings. The summed E-state index contributed by atoms with van der Waals surface area (Å²) < 4.78 is 51.9. The third-order valence-corrected chi connectivity index (χ3v) is 5.37. The van der Waals surface area contributed by atoms with Crippen LogP contribution in [0.3, 0.4) is 0 Å². The van der Waals surface area contributed by atoms with Crippen LogP contribution in [-0.4, -0.2) is 57.9 Å². The maximum absolute atomic E-state index is 13.2. The largest absolute Gasteiger partial charge is 0.481 e. The molecule has 8 nitrogen and oxygen atoms in total. The Balaban J connectivity index is 1.63. The van der Waals surface area contributed by atoms with Gasteiger partial charge in [0.1, 0.15) is 11.2 Å². The highest BCUT2D eigenvalue weighted by Gasteiger charge is 2.32. The van der Waals surface area contributed by atoms with E-state index in [2.05, 4.69) is 24.8 Å². The van der Waals surface area contributed by atoms with Crippen molar-refractivity contribution in [3.63, 3.8) is 0 Å². The van der Waals surface area contributed by atoms with Crippen molar-refractivity contribution in [2.75, 3.05) is 38.3 Å². The lowest BCUT2D eigenvalue weighted by atomic mass is 10.2. The fourth-order valence-electron chi connectivity index (χ4n) is 3.69. The number of ether oxygens (including phenoxy) is 2. The third-order valence-electron chi connectivity index (χ3n) is 5.37. The van der Waals surface area contributed by atoms with E-state index in [0.29, 0.717) is 36.3 Å². The Morgan fingerprint density at radius 1 is 0.939 bits per heavy atom. The maximum Gasteiger partial charge on any atom is 0.417 e. The second-order valence-electron chi connectivity index (χ2n) is 7.40. The van der Waals surface area contributed by atoms with Crippen LogP contribution in [0.25, 0.3) is 28.4 Å². The average molecular weight is 456 g/mol. The monoisotopic (exact) mass is 456 g/mol. The molecule has 33 heavy (non-hydrogen) atoms. The first-order chi connectivity index (χ1) is 15.9. The molecule has 0 spiro atoms. The highest BCUT2D eigenvalue weighted by atomic mass is 19.4. The molecule has 11 heteroatoms. The van der Waals surface area contributed by atoms with Gasteiger partial charge in [0, 0.05) is 25.4 Å². The summed E-state index contributed by atoms with van der Waals surface area (Å²) in [7, 11) is 1.50. The molecule has 0 unspecified atom stereocenters. The van der Waals surface area contributed by atoms with Gasteiger partial charge < -0.3 is 14.4 Å². The lowest BCUT2D eigenvalue weighted by Crippen LogP contribution is -2.36. The van der Waals surface area contributed by atoms with Gasteiger partial charge in [-0.2, -0.15) is 13.2 Å². The van der Waals surface area contributed by atoms with E-state index in [4.69, 9.17) is 9.47 Å². The molecule has 0 N–H and O–H groups in total. The molecule has 0 bridgehead atoms. The van der Waals surface area contributed by atoms with Crippen LogP contribution in [0.1, 0.15) is 5.56 Å². The van der Waals surface area contributed by atoms with E-state index in [-0.39, 0.29) is 11.2 Å². The van der Waals surface area contributed by atoms with Gasteiger partial charge in [-0.3, -0.25) is 9.55 Å². The van der Waals surface area contributed by atoms with E-state index in [1.165, 1.54) is 7.11 Å². The van der Waals surface area contributed by atoms with E-state index < -0.39 is 11.7 Å². The number of hydrogen-bond donors (Lipinski definition) is 0. The first kappa shape index (κ1) is 21.1. The minimum absolute atomic E-state index is 0.106. The van der Waals surface area contributed by atoms with E-state index >= 15 is 0 Å². The number of aromatic nitrogens is 5. The Morgan fingerprint density at radius 2 is 1.70 bits per heavy atom. The van der Waals surface area contributed by atoms with Crippen molar-refractivity contribution in [2.24, 2.45) is 0 Å². The highest BCUT2D eigenvalue weighted by molar-refractivity contribution is 5.80. The van der Waals surface area contributed by atoms with Crippen molar-refractivity contribution in [1.82, 2.24) is 24.5 Å². The minimum Gasteiger partial charge on any atom is -0.481 e. The molecule has 170 valence electrons. The quantitative estimate of drug-likeness (QED) is 0.463. The highest BCUT2D eigenvalue weighted by Crippen LogP contribution is 2.33. The van der Waals surface area contributed by atoms with Crippen molar-refractivity contribution in [1.29, 1.82) is 0 Å².